The summed E-state index contributed by atoms with van der Waals surface area (Å²) in [5.41, 5.74) is 15.5. The number of hydrogen-bond acceptors (Lipinski definition) is 6. The molecule has 0 fully saturated rings. The van der Waals surface area contributed by atoms with E-state index in [4.69, 9.17) is 18.9 Å². The molecule has 4 heterocycles. The fourth-order valence-electron chi connectivity index (χ4n) is 8.77. The molecule has 0 atom stereocenters. The second kappa shape index (κ2) is 12.4. The number of nitrogens with zero attached hydrogens (tertiary/aromatic N) is 2. The Morgan fingerprint density at radius 3 is 0.979 bits per heavy atom. The summed E-state index contributed by atoms with van der Waals surface area (Å²) in [6.45, 7) is 4.71. The van der Waals surface area contributed by atoms with Gasteiger partial charge in [0.1, 0.15) is 23.0 Å². The van der Waals surface area contributed by atoms with Gasteiger partial charge in [0.15, 0.2) is 0 Å². The van der Waals surface area contributed by atoms with E-state index in [1.54, 1.807) is 28.4 Å². The average molecular weight is 631 g/mol. The van der Waals surface area contributed by atoms with Gasteiger partial charge in [0, 0.05) is 55.1 Å². The van der Waals surface area contributed by atoms with Crippen LogP contribution in [-0.2, 0) is 32.1 Å². The van der Waals surface area contributed by atoms with Crippen molar-refractivity contribution >= 4 is 11.4 Å². The highest BCUT2D eigenvalue weighted by Gasteiger charge is 2.27. The Hall–Kier alpha value is -4.32. The van der Waals surface area contributed by atoms with Crippen LogP contribution >= 0.6 is 0 Å². The summed E-state index contributed by atoms with van der Waals surface area (Å²) in [5, 5.41) is 0. The molecule has 0 unspecified atom stereocenters. The normalized spacial score (nSPS) is 16.3. The molecule has 0 saturated heterocycles. The summed E-state index contributed by atoms with van der Waals surface area (Å²) < 4.78 is 24.3. The first-order valence-corrected chi connectivity index (χ1v) is 17.4. The van der Waals surface area contributed by atoms with Crippen molar-refractivity contribution in [2.24, 2.45) is 0 Å². The zero-order valence-corrected chi connectivity index (χ0v) is 28.3. The van der Waals surface area contributed by atoms with Crippen LogP contribution in [-0.4, -0.2) is 54.6 Å². The number of aryl methyl sites for hydroxylation is 4. The Morgan fingerprint density at radius 1 is 0.426 bits per heavy atom. The SMILES string of the molecule is COc1cc(-c2cc3c4c(c2)CCCN4CCC3)cc(OC)c1Cc1c(OC)cc(-c2cc3c4c(c2)CCCN4CCC3)cc1OC. The van der Waals surface area contributed by atoms with Crippen LogP contribution in [0.5, 0.6) is 23.0 Å². The van der Waals surface area contributed by atoms with E-state index in [0.29, 0.717) is 6.42 Å². The van der Waals surface area contributed by atoms with E-state index in [2.05, 4.69) is 58.3 Å². The van der Waals surface area contributed by atoms with Crippen molar-refractivity contribution < 1.29 is 18.9 Å². The van der Waals surface area contributed by atoms with Gasteiger partial charge in [-0.1, -0.05) is 0 Å². The molecule has 0 N–H and O–H groups in total. The number of anilines is 2. The number of hydrogen-bond donors (Lipinski definition) is 0. The molecule has 0 bridgehead atoms. The van der Waals surface area contributed by atoms with Gasteiger partial charge in [-0.15, -0.1) is 0 Å². The average Bonchev–Trinajstić information content (AvgIpc) is 3.12. The van der Waals surface area contributed by atoms with Crippen LogP contribution in [0.25, 0.3) is 22.3 Å². The van der Waals surface area contributed by atoms with Gasteiger partial charge in [-0.3, -0.25) is 0 Å². The van der Waals surface area contributed by atoms with Crippen LogP contribution in [0, 0.1) is 0 Å². The largest absolute Gasteiger partial charge is 0.496 e. The van der Waals surface area contributed by atoms with Crippen LogP contribution in [0.3, 0.4) is 0 Å². The van der Waals surface area contributed by atoms with Crippen molar-refractivity contribution in [3.63, 3.8) is 0 Å². The predicted octanol–water partition coefficient (Wildman–Crippen LogP) is 8.04. The molecule has 6 nitrogen and oxygen atoms in total. The number of benzene rings is 4. The van der Waals surface area contributed by atoms with Crippen LogP contribution in [0.1, 0.15) is 59.1 Å². The third-order valence-electron chi connectivity index (χ3n) is 10.9. The quantitative estimate of drug-likeness (QED) is 0.196. The molecule has 0 amide bonds. The van der Waals surface area contributed by atoms with Crippen molar-refractivity contribution in [2.45, 2.75) is 57.8 Å². The minimum atomic E-state index is 0.550. The minimum Gasteiger partial charge on any atom is -0.496 e. The summed E-state index contributed by atoms with van der Waals surface area (Å²) in [5.74, 6) is 3.22. The van der Waals surface area contributed by atoms with Gasteiger partial charge in [0.25, 0.3) is 0 Å². The number of rotatable bonds is 8. The molecule has 0 saturated carbocycles. The molecular formula is C41H46N2O4. The lowest BCUT2D eigenvalue weighted by Crippen LogP contribution is -2.34. The molecule has 8 rings (SSSR count). The first-order valence-electron chi connectivity index (χ1n) is 17.4. The Kier molecular flexibility index (Phi) is 7.90. The Morgan fingerprint density at radius 2 is 0.702 bits per heavy atom. The fourth-order valence-corrected chi connectivity index (χ4v) is 8.77. The van der Waals surface area contributed by atoms with Gasteiger partial charge >= 0.3 is 0 Å². The molecule has 0 spiro atoms. The topological polar surface area (TPSA) is 43.4 Å². The van der Waals surface area contributed by atoms with Crippen LogP contribution in [0.4, 0.5) is 11.4 Å². The molecule has 0 aromatic heterocycles. The zero-order valence-electron chi connectivity index (χ0n) is 28.3. The molecule has 4 aliphatic heterocycles. The highest BCUT2D eigenvalue weighted by Crippen LogP contribution is 2.45. The van der Waals surface area contributed by atoms with Gasteiger partial charge in [-0.05, 0) is 144 Å². The Bertz CT molecular complexity index is 1600. The van der Waals surface area contributed by atoms with Crippen LogP contribution in [0.2, 0.25) is 0 Å². The molecule has 6 heteroatoms. The van der Waals surface area contributed by atoms with Gasteiger partial charge in [-0.25, -0.2) is 0 Å². The predicted molar refractivity (Wildman–Crippen MR) is 190 cm³/mol. The molecule has 4 aliphatic rings. The highest BCUT2D eigenvalue weighted by atomic mass is 16.5. The standard InChI is InChI=1S/C41H46N2O4/c1-44-36-21-32(30-17-26-9-5-13-42-14-6-10-27(18-30)40(26)42)22-37(45-2)34(36)25-35-38(46-3)23-33(24-39(35)47-4)31-19-28-11-7-15-43-16-8-12-29(20-31)41(28)43/h17-24H,5-16,25H2,1-4H3. The lowest BCUT2D eigenvalue weighted by molar-refractivity contribution is 0.378. The molecular weight excluding hydrogens is 584 g/mol. The highest BCUT2D eigenvalue weighted by molar-refractivity contribution is 5.78. The maximum Gasteiger partial charge on any atom is 0.126 e. The van der Waals surface area contributed by atoms with Crippen LogP contribution in [0.15, 0.2) is 48.5 Å². The van der Waals surface area contributed by atoms with E-state index >= 15 is 0 Å². The molecule has 0 aliphatic carbocycles. The third-order valence-corrected chi connectivity index (χ3v) is 10.9. The van der Waals surface area contributed by atoms with Gasteiger partial charge < -0.3 is 28.7 Å². The zero-order chi connectivity index (χ0) is 32.1. The summed E-state index contributed by atoms with van der Waals surface area (Å²) in [6.07, 6.45) is 9.98. The fraction of sp³-hybridized carbons (Fsp3) is 0.415. The van der Waals surface area contributed by atoms with E-state index < -0.39 is 0 Å². The van der Waals surface area contributed by atoms with Crippen LogP contribution < -0.4 is 28.7 Å². The van der Waals surface area contributed by atoms with Crippen molar-refractivity contribution in [2.75, 3.05) is 64.4 Å². The van der Waals surface area contributed by atoms with Crippen molar-refractivity contribution in [3.05, 3.63) is 81.9 Å². The number of methoxy groups -OCH3 is 4. The van der Waals surface area contributed by atoms with Gasteiger partial charge in [-0.2, -0.15) is 0 Å². The van der Waals surface area contributed by atoms with E-state index in [-0.39, 0.29) is 0 Å². The summed E-state index contributed by atoms with van der Waals surface area (Å²) in [6, 6.07) is 18.2. The van der Waals surface area contributed by atoms with E-state index in [0.717, 1.165) is 70.9 Å². The molecule has 4 aromatic rings. The summed E-state index contributed by atoms with van der Waals surface area (Å²) in [7, 11) is 6.99. The van der Waals surface area contributed by atoms with Crippen molar-refractivity contribution in [1.29, 1.82) is 0 Å². The van der Waals surface area contributed by atoms with E-state index in [1.165, 1.54) is 96.6 Å². The minimum absolute atomic E-state index is 0.550. The summed E-state index contributed by atoms with van der Waals surface area (Å²) in [4.78, 5) is 5.18. The second-order valence-electron chi connectivity index (χ2n) is 13.6. The van der Waals surface area contributed by atoms with E-state index in [9.17, 15) is 0 Å². The third kappa shape index (κ3) is 5.26. The molecule has 4 aromatic carbocycles. The molecule has 47 heavy (non-hydrogen) atoms. The van der Waals surface area contributed by atoms with Gasteiger partial charge in [0.05, 0.1) is 28.4 Å². The monoisotopic (exact) mass is 630 g/mol. The van der Waals surface area contributed by atoms with Crippen molar-refractivity contribution in [1.82, 2.24) is 0 Å². The molecule has 244 valence electrons. The first kappa shape index (κ1) is 30.0. The smallest absolute Gasteiger partial charge is 0.126 e. The summed E-state index contributed by atoms with van der Waals surface area (Å²) >= 11 is 0. The molecule has 0 radical (unpaired) electrons. The Labute approximate surface area is 279 Å². The number of ether oxygens (including phenoxy) is 4. The lowest BCUT2D eigenvalue weighted by Gasteiger charge is -2.37. The van der Waals surface area contributed by atoms with Gasteiger partial charge in [0.2, 0.25) is 0 Å². The second-order valence-corrected chi connectivity index (χ2v) is 13.6. The lowest BCUT2D eigenvalue weighted by atomic mass is 9.87. The first-order chi connectivity index (χ1) is 23.1. The maximum absolute atomic E-state index is 6.08. The Balaban J connectivity index is 1.17. The van der Waals surface area contributed by atoms with Crippen molar-refractivity contribution in [3.8, 4) is 45.3 Å². The van der Waals surface area contributed by atoms with E-state index in [1.807, 2.05) is 0 Å². The maximum atomic E-state index is 6.08.